The smallest absolute Gasteiger partial charge is 0.220 e. The van der Waals surface area contributed by atoms with Crippen LogP contribution in [-0.4, -0.2) is 19.6 Å². The number of fused-ring (bicyclic) bond motifs is 4. The summed E-state index contributed by atoms with van der Waals surface area (Å²) in [4.78, 5) is 9.84. The third-order valence-corrected chi connectivity index (χ3v) is 8.83. The Kier molecular flexibility index (Phi) is 7.42. The first-order chi connectivity index (χ1) is 21.1. The molecule has 232 valence electrons. The van der Waals surface area contributed by atoms with Crippen LogP contribution in [0.3, 0.4) is 0 Å². The first-order valence-electron chi connectivity index (χ1n) is 16.0. The molecule has 0 atom stereocenters. The number of para-hydroxylation sites is 2. The molecule has 3 aromatic carbocycles. The minimum absolute atomic E-state index is 0.00840. The third kappa shape index (κ3) is 5.43. The number of rotatable bonds is 5. The topological polar surface area (TPSA) is 60.2 Å². The van der Waals surface area contributed by atoms with Crippen LogP contribution in [0.1, 0.15) is 103 Å². The van der Waals surface area contributed by atoms with E-state index in [1.807, 2.05) is 24.4 Å². The number of hydrogen-bond donors (Lipinski definition) is 1. The molecule has 0 aliphatic heterocycles. The van der Waals surface area contributed by atoms with Crippen LogP contribution in [0.25, 0.3) is 38.5 Å². The average molecular weight is 600 g/mol. The lowest BCUT2D eigenvalue weighted by molar-refractivity contribution is 0.456. The van der Waals surface area contributed by atoms with Crippen LogP contribution >= 0.6 is 0 Å². The maximum atomic E-state index is 10.8. The van der Waals surface area contributed by atoms with E-state index in [4.69, 9.17) is 14.7 Å². The van der Waals surface area contributed by atoms with Gasteiger partial charge in [0.25, 0.3) is 0 Å². The van der Waals surface area contributed by atoms with E-state index >= 15 is 0 Å². The first kappa shape index (κ1) is 30.6. The van der Waals surface area contributed by atoms with E-state index in [1.54, 1.807) is 6.07 Å². The lowest BCUT2D eigenvalue weighted by Crippen LogP contribution is -2.12. The van der Waals surface area contributed by atoms with Gasteiger partial charge in [-0.2, -0.15) is 0 Å². The van der Waals surface area contributed by atoms with Crippen LogP contribution in [0.5, 0.6) is 17.4 Å². The number of benzene rings is 3. The highest BCUT2D eigenvalue weighted by Gasteiger charge is 2.24. The highest BCUT2D eigenvalue weighted by Crippen LogP contribution is 2.43. The Morgan fingerprint density at radius 1 is 0.756 bits per heavy atom. The Bertz CT molecular complexity index is 2050. The molecule has 1 N–H and O–H groups in total. The van der Waals surface area contributed by atoms with Crippen molar-refractivity contribution in [3.63, 3.8) is 0 Å². The summed E-state index contributed by atoms with van der Waals surface area (Å²) in [5.41, 5.74) is 7.37. The molecule has 0 saturated heterocycles. The molecule has 0 unspecified atom stereocenters. The molecule has 3 heterocycles. The lowest BCUT2D eigenvalue weighted by atomic mass is 9.85. The molecule has 5 heteroatoms. The van der Waals surface area contributed by atoms with Gasteiger partial charge in [0, 0.05) is 34.5 Å². The van der Waals surface area contributed by atoms with Crippen molar-refractivity contribution in [2.45, 2.75) is 91.9 Å². The second-order valence-corrected chi connectivity index (χ2v) is 15.0. The number of phenols is 1. The molecule has 0 fully saturated rings. The standard InChI is InChI=1S/C40H45N3O2/c1-23(2)27-13-11-15-29-36-30(24(3)4)19-26(20-32(36)43(38(27)29)34-18-17-25(22-41-34)39(5,6)7)45-35-21-31(40(8,9)10)28-14-12-16-33(44)37(28)42-35/h11-24,44H,1-10H3. The zero-order valence-electron chi connectivity index (χ0n) is 28.3. The van der Waals surface area contributed by atoms with Gasteiger partial charge < -0.3 is 9.84 Å². The molecule has 0 aliphatic rings. The van der Waals surface area contributed by atoms with Crippen LogP contribution in [-0.2, 0) is 10.8 Å². The Balaban J connectivity index is 1.64. The molecule has 3 aromatic heterocycles. The van der Waals surface area contributed by atoms with Gasteiger partial charge in [0.2, 0.25) is 5.88 Å². The molecule has 5 nitrogen and oxygen atoms in total. The molecular formula is C40H45N3O2. The van der Waals surface area contributed by atoms with Gasteiger partial charge >= 0.3 is 0 Å². The van der Waals surface area contributed by atoms with Crippen LogP contribution < -0.4 is 4.74 Å². The fourth-order valence-electron chi connectivity index (χ4n) is 6.41. The average Bonchev–Trinajstić information content (AvgIpc) is 3.30. The summed E-state index contributed by atoms with van der Waals surface area (Å²) in [6.45, 7) is 22.1. The van der Waals surface area contributed by atoms with E-state index in [0.717, 1.165) is 22.3 Å². The Hall–Kier alpha value is -4.38. The van der Waals surface area contributed by atoms with E-state index in [0.29, 0.717) is 23.1 Å². The molecule has 0 saturated carbocycles. The second kappa shape index (κ2) is 10.9. The molecule has 0 aliphatic carbocycles. The minimum atomic E-state index is -0.176. The fourth-order valence-corrected chi connectivity index (χ4v) is 6.41. The molecule has 0 bridgehead atoms. The Labute approximate surface area is 266 Å². The first-order valence-corrected chi connectivity index (χ1v) is 16.0. The maximum absolute atomic E-state index is 10.8. The monoisotopic (exact) mass is 599 g/mol. The van der Waals surface area contributed by atoms with Crippen LogP contribution in [0.4, 0.5) is 0 Å². The summed E-state index contributed by atoms with van der Waals surface area (Å²) in [5.74, 6) is 2.76. The minimum Gasteiger partial charge on any atom is -0.506 e. The normalized spacial score (nSPS) is 12.7. The Morgan fingerprint density at radius 3 is 2.07 bits per heavy atom. The van der Waals surface area contributed by atoms with E-state index < -0.39 is 0 Å². The molecule has 0 amide bonds. The quantitative estimate of drug-likeness (QED) is 0.214. The van der Waals surface area contributed by atoms with Crippen LogP contribution in [0.15, 0.2) is 72.9 Å². The van der Waals surface area contributed by atoms with Gasteiger partial charge in [-0.15, -0.1) is 0 Å². The van der Waals surface area contributed by atoms with Crippen molar-refractivity contribution in [3.8, 4) is 23.2 Å². The molecular weight excluding hydrogens is 554 g/mol. The second-order valence-electron chi connectivity index (χ2n) is 15.0. The largest absolute Gasteiger partial charge is 0.506 e. The van der Waals surface area contributed by atoms with Crippen molar-refractivity contribution in [2.24, 2.45) is 0 Å². The van der Waals surface area contributed by atoms with E-state index in [9.17, 15) is 5.11 Å². The lowest BCUT2D eigenvalue weighted by Gasteiger charge is -2.22. The summed E-state index contributed by atoms with van der Waals surface area (Å²) in [7, 11) is 0. The molecule has 45 heavy (non-hydrogen) atoms. The zero-order chi connectivity index (χ0) is 32.4. The van der Waals surface area contributed by atoms with Crippen molar-refractivity contribution in [1.29, 1.82) is 0 Å². The fraction of sp³-hybridized carbons (Fsp3) is 0.350. The van der Waals surface area contributed by atoms with Crippen LogP contribution in [0, 0.1) is 0 Å². The van der Waals surface area contributed by atoms with Crippen molar-refractivity contribution in [2.75, 3.05) is 0 Å². The predicted molar refractivity (Wildman–Crippen MR) is 188 cm³/mol. The van der Waals surface area contributed by atoms with Gasteiger partial charge in [-0.05, 0) is 63.1 Å². The number of aromatic nitrogens is 3. The van der Waals surface area contributed by atoms with E-state index in [2.05, 4.69) is 116 Å². The summed E-state index contributed by atoms with van der Waals surface area (Å²) in [5, 5.41) is 14.1. The number of nitrogens with zero attached hydrogens (tertiary/aromatic N) is 3. The van der Waals surface area contributed by atoms with E-state index in [1.165, 1.54) is 33.0 Å². The highest BCUT2D eigenvalue weighted by molar-refractivity contribution is 6.12. The summed E-state index contributed by atoms with van der Waals surface area (Å²) in [6.07, 6.45) is 2.01. The van der Waals surface area contributed by atoms with Gasteiger partial charge in [-0.1, -0.05) is 106 Å². The van der Waals surface area contributed by atoms with Gasteiger partial charge in [-0.25, -0.2) is 9.97 Å². The van der Waals surface area contributed by atoms with Gasteiger partial charge in [-0.3, -0.25) is 4.57 Å². The third-order valence-electron chi connectivity index (χ3n) is 8.83. The van der Waals surface area contributed by atoms with Crippen molar-refractivity contribution in [1.82, 2.24) is 14.5 Å². The molecule has 6 rings (SSSR count). The predicted octanol–water partition coefficient (Wildman–Crippen LogP) is 11.1. The number of hydrogen-bond acceptors (Lipinski definition) is 4. The van der Waals surface area contributed by atoms with Crippen LogP contribution in [0.2, 0.25) is 0 Å². The Morgan fingerprint density at radius 2 is 1.44 bits per heavy atom. The van der Waals surface area contributed by atoms with Crippen molar-refractivity contribution in [3.05, 3.63) is 95.2 Å². The van der Waals surface area contributed by atoms with Crippen molar-refractivity contribution < 1.29 is 9.84 Å². The van der Waals surface area contributed by atoms with Crippen molar-refractivity contribution >= 4 is 32.7 Å². The summed E-state index contributed by atoms with van der Waals surface area (Å²) < 4.78 is 8.96. The number of phenolic OH excluding ortho intramolecular Hbond substituents is 1. The molecule has 0 spiro atoms. The summed E-state index contributed by atoms with van der Waals surface area (Å²) in [6, 6.07) is 22.8. The van der Waals surface area contributed by atoms with Gasteiger partial charge in [0.05, 0.1) is 11.0 Å². The SMILES string of the molecule is CC(C)c1cc(Oc2cc(C(C)(C)C)c3cccc(O)c3n2)cc2c1c1cccc(C(C)C)c1n2-c1ccc(C(C)(C)C)cn1. The van der Waals surface area contributed by atoms with Gasteiger partial charge in [0.15, 0.2) is 0 Å². The molecule has 6 aromatic rings. The number of ether oxygens (including phenoxy) is 1. The van der Waals surface area contributed by atoms with E-state index in [-0.39, 0.29) is 22.5 Å². The molecule has 0 radical (unpaired) electrons. The summed E-state index contributed by atoms with van der Waals surface area (Å²) >= 11 is 0. The zero-order valence-corrected chi connectivity index (χ0v) is 28.3. The highest BCUT2D eigenvalue weighted by atomic mass is 16.5. The maximum Gasteiger partial charge on any atom is 0.220 e. The number of pyridine rings is 2. The van der Waals surface area contributed by atoms with Gasteiger partial charge in [0.1, 0.15) is 22.8 Å². The number of aromatic hydroxyl groups is 1.